The van der Waals surface area contributed by atoms with Gasteiger partial charge < -0.3 is 10.1 Å². The molecular weight excluding hydrogens is 202 g/mol. The van der Waals surface area contributed by atoms with Crippen LogP contribution >= 0.6 is 0 Å². The van der Waals surface area contributed by atoms with Gasteiger partial charge in [0.05, 0.1) is 12.1 Å². The second-order valence-corrected chi connectivity index (χ2v) is 4.09. The van der Waals surface area contributed by atoms with Crippen LogP contribution in [0, 0.1) is 0 Å². The topological polar surface area (TPSA) is 47.0 Å². The van der Waals surface area contributed by atoms with Crippen molar-refractivity contribution in [1.29, 1.82) is 0 Å². The summed E-state index contributed by atoms with van der Waals surface area (Å²) in [6.45, 7) is 3.93. The summed E-state index contributed by atoms with van der Waals surface area (Å²) in [7, 11) is 0. The summed E-state index contributed by atoms with van der Waals surface area (Å²) in [5.41, 5.74) is 0. The Balaban J connectivity index is 1.99. The van der Waals surface area contributed by atoms with Crippen molar-refractivity contribution in [3.63, 3.8) is 0 Å². The zero-order valence-corrected chi connectivity index (χ0v) is 9.72. The predicted molar refractivity (Wildman–Crippen MR) is 62.0 cm³/mol. The molecular formula is C12H19N3O. The summed E-state index contributed by atoms with van der Waals surface area (Å²) in [4.78, 5) is 8.62. The van der Waals surface area contributed by atoms with Crippen LogP contribution < -0.4 is 5.32 Å². The van der Waals surface area contributed by atoms with Gasteiger partial charge in [0.1, 0.15) is 5.82 Å². The lowest BCUT2D eigenvalue weighted by atomic mass is 10.1. The summed E-state index contributed by atoms with van der Waals surface area (Å²) in [5, 5.41) is 3.42. The number of ether oxygens (including phenoxy) is 1. The van der Waals surface area contributed by atoms with E-state index in [1.54, 1.807) is 12.4 Å². The maximum Gasteiger partial charge on any atom is 0.145 e. The highest BCUT2D eigenvalue weighted by molar-refractivity contribution is 4.97. The molecule has 4 nitrogen and oxygen atoms in total. The van der Waals surface area contributed by atoms with Crippen molar-refractivity contribution in [3.05, 3.63) is 24.3 Å². The molecule has 16 heavy (non-hydrogen) atoms. The molecule has 1 aromatic rings. The standard InChI is InChI=1S/C12H19N3O/c1-2-13-11(9-10-5-3-8-16-10)12-14-6-4-7-15-12/h4,6-7,10-11,13H,2-3,5,8-9H2,1H3. The Labute approximate surface area is 96.4 Å². The van der Waals surface area contributed by atoms with Crippen molar-refractivity contribution in [3.8, 4) is 0 Å². The quantitative estimate of drug-likeness (QED) is 0.822. The highest BCUT2D eigenvalue weighted by Gasteiger charge is 2.22. The molecule has 0 aromatic carbocycles. The van der Waals surface area contributed by atoms with Crippen LogP contribution in [0.2, 0.25) is 0 Å². The molecule has 0 amide bonds. The molecule has 0 spiro atoms. The van der Waals surface area contributed by atoms with Gasteiger partial charge in [0.25, 0.3) is 0 Å². The molecule has 2 rings (SSSR count). The van der Waals surface area contributed by atoms with Gasteiger partial charge in [-0.1, -0.05) is 6.92 Å². The molecule has 1 N–H and O–H groups in total. The summed E-state index contributed by atoms with van der Waals surface area (Å²) < 4.78 is 5.66. The second-order valence-electron chi connectivity index (χ2n) is 4.09. The lowest BCUT2D eigenvalue weighted by Crippen LogP contribution is -2.26. The minimum absolute atomic E-state index is 0.217. The van der Waals surface area contributed by atoms with Gasteiger partial charge in [0.2, 0.25) is 0 Å². The summed E-state index contributed by atoms with van der Waals surface area (Å²) in [6.07, 6.45) is 7.27. The van der Waals surface area contributed by atoms with Crippen LogP contribution in [0.1, 0.15) is 38.1 Å². The van der Waals surface area contributed by atoms with Crippen LogP contribution in [0.4, 0.5) is 0 Å². The van der Waals surface area contributed by atoms with E-state index in [0.717, 1.165) is 31.8 Å². The number of hydrogen-bond donors (Lipinski definition) is 1. The summed E-state index contributed by atoms with van der Waals surface area (Å²) in [5.74, 6) is 0.875. The van der Waals surface area contributed by atoms with Gasteiger partial charge in [-0.3, -0.25) is 0 Å². The van der Waals surface area contributed by atoms with Crippen molar-refractivity contribution in [2.24, 2.45) is 0 Å². The maximum absolute atomic E-state index is 5.66. The van der Waals surface area contributed by atoms with E-state index >= 15 is 0 Å². The first kappa shape index (κ1) is 11.5. The van der Waals surface area contributed by atoms with E-state index in [-0.39, 0.29) is 6.04 Å². The van der Waals surface area contributed by atoms with Gasteiger partial charge in [-0.05, 0) is 31.9 Å². The average Bonchev–Trinajstić information content (AvgIpc) is 2.83. The summed E-state index contributed by atoms with van der Waals surface area (Å²) in [6, 6.07) is 2.06. The zero-order chi connectivity index (χ0) is 11.2. The molecule has 0 radical (unpaired) electrons. The van der Waals surface area contributed by atoms with Crippen LogP contribution in [0.3, 0.4) is 0 Å². The van der Waals surface area contributed by atoms with E-state index in [2.05, 4.69) is 22.2 Å². The fourth-order valence-corrected chi connectivity index (χ4v) is 2.11. The smallest absolute Gasteiger partial charge is 0.145 e. The second kappa shape index (κ2) is 5.92. The van der Waals surface area contributed by atoms with Gasteiger partial charge in [-0.2, -0.15) is 0 Å². The van der Waals surface area contributed by atoms with Gasteiger partial charge in [0.15, 0.2) is 0 Å². The molecule has 1 aliphatic heterocycles. The van der Waals surface area contributed by atoms with Crippen molar-refractivity contribution in [1.82, 2.24) is 15.3 Å². The molecule has 1 fully saturated rings. The van der Waals surface area contributed by atoms with Gasteiger partial charge in [0, 0.05) is 19.0 Å². The monoisotopic (exact) mass is 221 g/mol. The third kappa shape index (κ3) is 3.00. The maximum atomic E-state index is 5.66. The highest BCUT2D eigenvalue weighted by Crippen LogP contribution is 2.22. The molecule has 4 heteroatoms. The normalized spacial score (nSPS) is 22.2. The van der Waals surface area contributed by atoms with E-state index in [4.69, 9.17) is 4.74 Å². The number of nitrogens with zero attached hydrogens (tertiary/aromatic N) is 2. The molecule has 0 bridgehead atoms. The Kier molecular flexibility index (Phi) is 4.25. The SMILES string of the molecule is CCNC(CC1CCCO1)c1ncccn1. The van der Waals surface area contributed by atoms with Gasteiger partial charge in [-0.25, -0.2) is 9.97 Å². The first-order chi connectivity index (χ1) is 7.90. The van der Waals surface area contributed by atoms with E-state index < -0.39 is 0 Å². The van der Waals surface area contributed by atoms with Crippen LogP contribution in [-0.2, 0) is 4.74 Å². The van der Waals surface area contributed by atoms with Gasteiger partial charge >= 0.3 is 0 Å². The van der Waals surface area contributed by atoms with E-state index in [0.29, 0.717) is 6.10 Å². The molecule has 0 saturated carbocycles. The van der Waals surface area contributed by atoms with Crippen LogP contribution in [0.5, 0.6) is 0 Å². The fraction of sp³-hybridized carbons (Fsp3) is 0.667. The summed E-state index contributed by atoms with van der Waals surface area (Å²) >= 11 is 0. The highest BCUT2D eigenvalue weighted by atomic mass is 16.5. The molecule has 2 unspecified atom stereocenters. The Hall–Kier alpha value is -1.00. The minimum Gasteiger partial charge on any atom is -0.378 e. The van der Waals surface area contributed by atoms with Crippen molar-refractivity contribution in [2.45, 2.75) is 38.3 Å². The number of nitrogens with one attached hydrogen (secondary N) is 1. The molecule has 1 aromatic heterocycles. The predicted octanol–water partition coefficient (Wildman–Crippen LogP) is 1.70. The van der Waals surface area contributed by atoms with E-state index in [1.807, 2.05) is 6.07 Å². The molecule has 2 heterocycles. The Morgan fingerprint density at radius 3 is 2.94 bits per heavy atom. The third-order valence-electron chi connectivity index (χ3n) is 2.87. The van der Waals surface area contributed by atoms with Crippen molar-refractivity contribution < 1.29 is 4.74 Å². The number of rotatable bonds is 5. The molecule has 2 atom stereocenters. The van der Waals surface area contributed by atoms with E-state index in [1.165, 1.54) is 6.42 Å². The van der Waals surface area contributed by atoms with Crippen LogP contribution in [-0.4, -0.2) is 29.2 Å². The average molecular weight is 221 g/mol. The fourth-order valence-electron chi connectivity index (χ4n) is 2.11. The third-order valence-corrected chi connectivity index (χ3v) is 2.87. The number of aromatic nitrogens is 2. The first-order valence-corrected chi connectivity index (χ1v) is 6.02. The lowest BCUT2D eigenvalue weighted by Gasteiger charge is -2.19. The van der Waals surface area contributed by atoms with Crippen molar-refractivity contribution in [2.75, 3.05) is 13.2 Å². The molecule has 1 saturated heterocycles. The first-order valence-electron chi connectivity index (χ1n) is 6.02. The number of hydrogen-bond acceptors (Lipinski definition) is 4. The molecule has 1 aliphatic rings. The van der Waals surface area contributed by atoms with Crippen LogP contribution in [0.15, 0.2) is 18.5 Å². The van der Waals surface area contributed by atoms with Crippen molar-refractivity contribution >= 4 is 0 Å². The van der Waals surface area contributed by atoms with Gasteiger partial charge in [-0.15, -0.1) is 0 Å². The Morgan fingerprint density at radius 1 is 1.50 bits per heavy atom. The lowest BCUT2D eigenvalue weighted by molar-refractivity contribution is 0.0938. The molecule has 0 aliphatic carbocycles. The Bertz CT molecular complexity index is 298. The molecule has 88 valence electrons. The van der Waals surface area contributed by atoms with E-state index in [9.17, 15) is 0 Å². The largest absolute Gasteiger partial charge is 0.378 e. The minimum atomic E-state index is 0.217. The van der Waals surface area contributed by atoms with Crippen LogP contribution in [0.25, 0.3) is 0 Å². The Morgan fingerprint density at radius 2 is 2.31 bits per heavy atom. The zero-order valence-electron chi connectivity index (χ0n) is 9.72.